The van der Waals surface area contributed by atoms with Crippen molar-refractivity contribution < 1.29 is 15.3 Å². The Bertz CT molecular complexity index is 423. The molecule has 0 radical (unpaired) electrons. The van der Waals surface area contributed by atoms with Crippen LogP contribution >= 0.6 is 0 Å². The van der Waals surface area contributed by atoms with Crippen molar-refractivity contribution >= 4 is 0 Å². The minimum atomic E-state index is -1.11. The summed E-state index contributed by atoms with van der Waals surface area (Å²) in [6, 6.07) is 0. The Morgan fingerprint density at radius 1 is 1.39 bits per heavy atom. The summed E-state index contributed by atoms with van der Waals surface area (Å²) in [4.78, 5) is 0. The van der Waals surface area contributed by atoms with Crippen molar-refractivity contribution in [3.8, 4) is 0 Å². The van der Waals surface area contributed by atoms with Crippen LogP contribution in [0, 0.1) is 23.7 Å². The summed E-state index contributed by atoms with van der Waals surface area (Å²) in [5.74, 6) is 0.825. The molecule has 100 valence electrons. The Kier molecular flexibility index (Phi) is 2.54. The van der Waals surface area contributed by atoms with Gasteiger partial charge in [-0.2, -0.15) is 0 Å². The first-order valence-corrected chi connectivity index (χ1v) is 6.84. The van der Waals surface area contributed by atoms with E-state index in [0.29, 0.717) is 17.4 Å². The van der Waals surface area contributed by atoms with Crippen molar-refractivity contribution in [3.63, 3.8) is 0 Å². The van der Waals surface area contributed by atoms with Crippen molar-refractivity contribution in [1.82, 2.24) is 0 Å². The van der Waals surface area contributed by atoms with Crippen LogP contribution in [0.4, 0.5) is 0 Å². The van der Waals surface area contributed by atoms with E-state index in [9.17, 15) is 15.3 Å². The molecule has 7 atom stereocenters. The summed E-state index contributed by atoms with van der Waals surface area (Å²) in [7, 11) is 0. The van der Waals surface area contributed by atoms with Crippen LogP contribution in [0.5, 0.6) is 0 Å². The third-order valence-corrected chi connectivity index (χ3v) is 5.55. The molecule has 0 saturated heterocycles. The van der Waals surface area contributed by atoms with Gasteiger partial charge in [0, 0.05) is 5.92 Å². The maximum absolute atomic E-state index is 10.5. The van der Waals surface area contributed by atoms with Crippen molar-refractivity contribution in [2.24, 2.45) is 23.7 Å². The zero-order valence-corrected chi connectivity index (χ0v) is 11.0. The van der Waals surface area contributed by atoms with Gasteiger partial charge in [-0.15, -0.1) is 0 Å². The summed E-state index contributed by atoms with van der Waals surface area (Å²) in [5, 5.41) is 31.1. The van der Waals surface area contributed by atoms with Gasteiger partial charge in [0.05, 0.1) is 12.2 Å². The van der Waals surface area contributed by atoms with Crippen LogP contribution in [0.2, 0.25) is 0 Å². The molecule has 3 rings (SSSR count). The highest BCUT2D eigenvalue weighted by Gasteiger charge is 2.57. The Hall–Kier alpha value is -0.640. The lowest BCUT2D eigenvalue weighted by Crippen LogP contribution is -2.37. The largest absolute Gasteiger partial charge is 0.393 e. The highest BCUT2D eigenvalue weighted by molar-refractivity contribution is 5.44. The van der Waals surface area contributed by atoms with Crippen LogP contribution in [0.25, 0.3) is 0 Å². The van der Waals surface area contributed by atoms with Crippen molar-refractivity contribution in [1.29, 1.82) is 0 Å². The van der Waals surface area contributed by atoms with Gasteiger partial charge in [0.1, 0.15) is 5.60 Å². The minimum absolute atomic E-state index is 0.0701. The molecule has 3 N–H and O–H groups in total. The average molecular weight is 250 g/mol. The molecular formula is C15H22O3. The standard InChI is InChI=1S/C15H22O3/c1-7-6-11(16)12-9(7)4-5-10-13(12)14(17)8(2)15(10,3)18/h5,7,9,11-14,16-18H,2,4,6H2,1,3H3/t7-,9+,11-,12+,13+,14+,15-/m1/s1. The molecule has 3 aliphatic carbocycles. The number of fused-ring (bicyclic) bond motifs is 3. The molecule has 18 heavy (non-hydrogen) atoms. The number of hydrogen-bond donors (Lipinski definition) is 3. The first-order chi connectivity index (χ1) is 8.35. The SMILES string of the molecule is C=C1[C@H](O)[C@H]2C(=CC[C@@H]3[C@H]2[C@H](O)C[C@H]3C)[C@]1(C)O. The van der Waals surface area contributed by atoms with Crippen molar-refractivity contribution in [3.05, 3.63) is 23.8 Å². The highest BCUT2D eigenvalue weighted by atomic mass is 16.3. The molecule has 0 spiro atoms. The van der Waals surface area contributed by atoms with Gasteiger partial charge in [-0.3, -0.25) is 0 Å². The second kappa shape index (κ2) is 3.69. The first kappa shape index (κ1) is 12.4. The van der Waals surface area contributed by atoms with Crippen molar-refractivity contribution in [2.45, 2.75) is 44.5 Å². The molecule has 3 nitrogen and oxygen atoms in total. The van der Waals surface area contributed by atoms with E-state index in [0.717, 1.165) is 18.4 Å². The van der Waals surface area contributed by atoms with E-state index in [1.165, 1.54) is 0 Å². The lowest BCUT2D eigenvalue weighted by atomic mass is 9.70. The van der Waals surface area contributed by atoms with Crippen LogP contribution < -0.4 is 0 Å². The Labute approximate surface area is 108 Å². The smallest absolute Gasteiger partial charge is 0.106 e. The Morgan fingerprint density at radius 2 is 2.06 bits per heavy atom. The molecular weight excluding hydrogens is 228 g/mol. The fourth-order valence-corrected chi connectivity index (χ4v) is 4.47. The number of aliphatic hydroxyl groups excluding tert-OH is 2. The summed E-state index contributed by atoms with van der Waals surface area (Å²) in [5.41, 5.74) is 0.237. The van der Waals surface area contributed by atoms with Gasteiger partial charge < -0.3 is 15.3 Å². The number of allylic oxidation sites excluding steroid dienone is 1. The maximum atomic E-state index is 10.5. The van der Waals surface area contributed by atoms with E-state index >= 15 is 0 Å². The molecule has 0 unspecified atom stereocenters. The van der Waals surface area contributed by atoms with E-state index in [4.69, 9.17) is 0 Å². The normalized spacial score (nSPS) is 55.2. The van der Waals surface area contributed by atoms with Gasteiger partial charge in [0.15, 0.2) is 0 Å². The molecule has 2 saturated carbocycles. The lowest BCUT2D eigenvalue weighted by molar-refractivity contribution is 0.0404. The number of rotatable bonds is 0. The van der Waals surface area contributed by atoms with Crippen LogP contribution in [0.15, 0.2) is 23.8 Å². The van der Waals surface area contributed by atoms with Gasteiger partial charge in [-0.05, 0) is 48.7 Å². The monoisotopic (exact) mass is 250 g/mol. The summed E-state index contributed by atoms with van der Waals surface area (Å²) in [6.45, 7) is 7.72. The minimum Gasteiger partial charge on any atom is -0.393 e. The lowest BCUT2D eigenvalue weighted by Gasteiger charge is -2.36. The average Bonchev–Trinajstić information content (AvgIpc) is 2.69. The summed E-state index contributed by atoms with van der Waals surface area (Å²) < 4.78 is 0. The molecule has 0 bridgehead atoms. The van der Waals surface area contributed by atoms with E-state index < -0.39 is 11.7 Å². The zero-order valence-electron chi connectivity index (χ0n) is 11.0. The summed E-state index contributed by atoms with van der Waals surface area (Å²) >= 11 is 0. The van der Waals surface area contributed by atoms with E-state index in [-0.39, 0.29) is 17.9 Å². The van der Waals surface area contributed by atoms with Gasteiger partial charge >= 0.3 is 0 Å². The topological polar surface area (TPSA) is 60.7 Å². The zero-order chi connectivity index (χ0) is 13.2. The molecule has 3 aliphatic rings. The molecule has 0 aromatic rings. The predicted molar refractivity (Wildman–Crippen MR) is 68.7 cm³/mol. The maximum Gasteiger partial charge on any atom is 0.106 e. The summed E-state index contributed by atoms with van der Waals surface area (Å²) in [6.07, 6.45) is 2.68. The second-order valence-corrected chi connectivity index (χ2v) is 6.48. The third kappa shape index (κ3) is 1.35. The number of hydrogen-bond acceptors (Lipinski definition) is 3. The highest BCUT2D eigenvalue weighted by Crippen LogP contribution is 2.56. The Morgan fingerprint density at radius 3 is 2.72 bits per heavy atom. The van der Waals surface area contributed by atoms with Gasteiger partial charge in [0.25, 0.3) is 0 Å². The van der Waals surface area contributed by atoms with Gasteiger partial charge in [0.2, 0.25) is 0 Å². The number of aliphatic hydroxyl groups is 3. The van der Waals surface area contributed by atoms with Gasteiger partial charge in [-0.25, -0.2) is 0 Å². The van der Waals surface area contributed by atoms with Crippen LogP contribution in [0.1, 0.15) is 26.7 Å². The molecule has 0 aromatic carbocycles. The van der Waals surface area contributed by atoms with Crippen LogP contribution in [0.3, 0.4) is 0 Å². The van der Waals surface area contributed by atoms with Gasteiger partial charge in [-0.1, -0.05) is 19.6 Å². The molecule has 0 aliphatic heterocycles. The molecule has 0 amide bonds. The molecule has 2 fully saturated rings. The Balaban J connectivity index is 2.05. The third-order valence-electron chi connectivity index (χ3n) is 5.55. The van der Waals surface area contributed by atoms with E-state index in [2.05, 4.69) is 19.6 Å². The molecule has 0 heterocycles. The van der Waals surface area contributed by atoms with E-state index in [1.807, 2.05) is 0 Å². The van der Waals surface area contributed by atoms with Crippen LogP contribution in [-0.2, 0) is 0 Å². The fraction of sp³-hybridized carbons (Fsp3) is 0.733. The molecule has 3 heteroatoms. The predicted octanol–water partition coefficient (Wildman–Crippen LogP) is 1.25. The molecule has 0 aromatic heterocycles. The fourth-order valence-electron chi connectivity index (χ4n) is 4.47. The van der Waals surface area contributed by atoms with Crippen molar-refractivity contribution in [2.75, 3.05) is 0 Å². The van der Waals surface area contributed by atoms with E-state index in [1.54, 1.807) is 6.92 Å². The second-order valence-electron chi connectivity index (χ2n) is 6.48. The first-order valence-electron chi connectivity index (χ1n) is 6.84. The quantitative estimate of drug-likeness (QED) is 0.567. The van der Waals surface area contributed by atoms with Crippen LogP contribution in [-0.4, -0.2) is 33.1 Å².